The Hall–Kier alpha value is -2.09. The summed E-state index contributed by atoms with van der Waals surface area (Å²) in [6.45, 7) is 1.62. The zero-order valence-electron chi connectivity index (χ0n) is 12.0. The van der Waals surface area contributed by atoms with Gasteiger partial charge in [-0.05, 0) is 29.5 Å². The lowest BCUT2D eigenvalue weighted by atomic mass is 9.77. The standard InChI is InChI=1S/C19H19NO/c21-19-17-11-10-15-8-4-5-9-16(15)18(17)13-20(19)12-14-6-2-1-3-7-14/h1-9,17-18H,10-13H2/t17-,18+/m1/s1. The van der Waals surface area contributed by atoms with E-state index in [9.17, 15) is 4.79 Å². The number of nitrogens with zero attached hydrogens (tertiary/aromatic N) is 1. The fourth-order valence-electron chi connectivity index (χ4n) is 3.88. The van der Waals surface area contributed by atoms with Crippen molar-refractivity contribution in [2.45, 2.75) is 25.3 Å². The van der Waals surface area contributed by atoms with Gasteiger partial charge < -0.3 is 4.90 Å². The Morgan fingerprint density at radius 1 is 0.952 bits per heavy atom. The van der Waals surface area contributed by atoms with E-state index in [4.69, 9.17) is 0 Å². The first-order valence-corrected chi connectivity index (χ1v) is 7.73. The summed E-state index contributed by atoms with van der Waals surface area (Å²) in [6, 6.07) is 18.9. The third-order valence-electron chi connectivity index (χ3n) is 4.93. The van der Waals surface area contributed by atoms with Crippen LogP contribution in [0, 0.1) is 5.92 Å². The third kappa shape index (κ3) is 2.15. The first-order valence-electron chi connectivity index (χ1n) is 7.73. The number of rotatable bonds is 2. The Balaban J connectivity index is 1.60. The van der Waals surface area contributed by atoms with E-state index in [2.05, 4.69) is 36.4 Å². The van der Waals surface area contributed by atoms with Crippen LogP contribution in [0.5, 0.6) is 0 Å². The molecule has 2 aromatic carbocycles. The zero-order valence-corrected chi connectivity index (χ0v) is 12.0. The van der Waals surface area contributed by atoms with Crippen LogP contribution in [0.3, 0.4) is 0 Å². The molecule has 0 aromatic heterocycles. The lowest BCUT2D eigenvalue weighted by Gasteiger charge is -2.25. The molecule has 2 atom stereocenters. The second kappa shape index (κ2) is 5.03. The van der Waals surface area contributed by atoms with Crippen LogP contribution in [0.1, 0.15) is 29.0 Å². The number of amides is 1. The SMILES string of the molecule is O=C1[C@@H]2CCc3ccccc3[C@@H]2CN1Cc1ccccc1. The maximum absolute atomic E-state index is 12.7. The van der Waals surface area contributed by atoms with Crippen molar-refractivity contribution >= 4 is 5.91 Å². The molecule has 0 spiro atoms. The molecule has 1 fully saturated rings. The van der Waals surface area contributed by atoms with Crippen molar-refractivity contribution < 1.29 is 4.79 Å². The molecule has 0 saturated carbocycles. The van der Waals surface area contributed by atoms with Gasteiger partial charge in [0, 0.05) is 24.9 Å². The predicted molar refractivity (Wildman–Crippen MR) is 82.9 cm³/mol. The summed E-state index contributed by atoms with van der Waals surface area (Å²) < 4.78 is 0. The highest BCUT2D eigenvalue weighted by molar-refractivity contribution is 5.83. The Labute approximate surface area is 125 Å². The fraction of sp³-hybridized carbons (Fsp3) is 0.316. The number of aryl methyl sites for hydroxylation is 1. The van der Waals surface area contributed by atoms with Crippen LogP contribution in [0.25, 0.3) is 0 Å². The molecule has 1 amide bonds. The van der Waals surface area contributed by atoms with E-state index < -0.39 is 0 Å². The lowest BCUT2D eigenvalue weighted by molar-refractivity contribution is -0.131. The highest BCUT2D eigenvalue weighted by Gasteiger charge is 2.43. The molecule has 1 saturated heterocycles. The highest BCUT2D eigenvalue weighted by Crippen LogP contribution is 2.42. The van der Waals surface area contributed by atoms with Crippen LogP contribution in [-0.4, -0.2) is 17.4 Å². The van der Waals surface area contributed by atoms with E-state index in [0.29, 0.717) is 11.8 Å². The summed E-state index contributed by atoms with van der Waals surface area (Å²) in [5.41, 5.74) is 4.06. The molecule has 1 aliphatic heterocycles. The number of likely N-dealkylation sites (tertiary alicyclic amines) is 1. The summed E-state index contributed by atoms with van der Waals surface area (Å²) in [5, 5.41) is 0. The summed E-state index contributed by atoms with van der Waals surface area (Å²) >= 11 is 0. The van der Waals surface area contributed by atoms with Crippen molar-refractivity contribution in [3.8, 4) is 0 Å². The molecule has 0 bridgehead atoms. The molecule has 2 aliphatic rings. The van der Waals surface area contributed by atoms with Gasteiger partial charge in [0.25, 0.3) is 0 Å². The van der Waals surface area contributed by atoms with Crippen LogP contribution < -0.4 is 0 Å². The van der Waals surface area contributed by atoms with E-state index in [1.54, 1.807) is 0 Å². The monoisotopic (exact) mass is 277 g/mol. The minimum absolute atomic E-state index is 0.198. The number of benzene rings is 2. The zero-order chi connectivity index (χ0) is 14.2. The van der Waals surface area contributed by atoms with E-state index in [-0.39, 0.29) is 5.92 Å². The first-order chi connectivity index (χ1) is 10.3. The van der Waals surface area contributed by atoms with Crippen LogP contribution in [0.4, 0.5) is 0 Å². The summed E-state index contributed by atoms with van der Waals surface area (Å²) in [5.74, 6) is 0.938. The van der Waals surface area contributed by atoms with Gasteiger partial charge in [-0.3, -0.25) is 4.79 Å². The lowest BCUT2D eigenvalue weighted by Crippen LogP contribution is -2.27. The van der Waals surface area contributed by atoms with Gasteiger partial charge in [0.1, 0.15) is 0 Å². The smallest absolute Gasteiger partial charge is 0.226 e. The third-order valence-corrected chi connectivity index (χ3v) is 4.93. The van der Waals surface area contributed by atoms with Gasteiger partial charge in [0.2, 0.25) is 5.91 Å². The molecule has 0 unspecified atom stereocenters. The molecule has 2 heteroatoms. The molecule has 1 heterocycles. The van der Waals surface area contributed by atoms with Crippen molar-refractivity contribution in [3.63, 3.8) is 0 Å². The van der Waals surface area contributed by atoms with E-state index in [1.807, 2.05) is 23.1 Å². The van der Waals surface area contributed by atoms with Crippen molar-refractivity contribution in [1.82, 2.24) is 4.90 Å². The summed E-state index contributed by atoms with van der Waals surface area (Å²) in [6.07, 6.45) is 2.05. The normalized spacial score (nSPS) is 23.8. The van der Waals surface area contributed by atoms with Crippen molar-refractivity contribution in [3.05, 3.63) is 71.3 Å². The van der Waals surface area contributed by atoms with Crippen LogP contribution in [0.15, 0.2) is 54.6 Å². The average molecular weight is 277 g/mol. The van der Waals surface area contributed by atoms with E-state index in [1.165, 1.54) is 16.7 Å². The maximum atomic E-state index is 12.7. The second-order valence-electron chi connectivity index (χ2n) is 6.15. The number of carbonyl (C=O) groups is 1. The van der Waals surface area contributed by atoms with Crippen LogP contribution in [-0.2, 0) is 17.8 Å². The Kier molecular flexibility index (Phi) is 3.03. The largest absolute Gasteiger partial charge is 0.337 e. The quantitative estimate of drug-likeness (QED) is 0.824. The van der Waals surface area contributed by atoms with Crippen LogP contribution >= 0.6 is 0 Å². The van der Waals surface area contributed by atoms with Gasteiger partial charge in [0.15, 0.2) is 0 Å². The number of hydrogen-bond donors (Lipinski definition) is 0. The molecule has 0 N–H and O–H groups in total. The minimum atomic E-state index is 0.198. The van der Waals surface area contributed by atoms with Gasteiger partial charge in [-0.25, -0.2) is 0 Å². The van der Waals surface area contributed by atoms with Crippen molar-refractivity contribution in [2.75, 3.05) is 6.54 Å². The molecular weight excluding hydrogens is 258 g/mol. The fourth-order valence-corrected chi connectivity index (χ4v) is 3.88. The van der Waals surface area contributed by atoms with Gasteiger partial charge in [-0.1, -0.05) is 54.6 Å². The maximum Gasteiger partial charge on any atom is 0.226 e. The topological polar surface area (TPSA) is 20.3 Å². The number of hydrogen-bond acceptors (Lipinski definition) is 1. The first kappa shape index (κ1) is 12.6. The molecule has 21 heavy (non-hydrogen) atoms. The highest BCUT2D eigenvalue weighted by atomic mass is 16.2. The Morgan fingerprint density at radius 2 is 1.71 bits per heavy atom. The summed E-state index contributed by atoms with van der Waals surface area (Å²) in [7, 11) is 0. The molecule has 0 radical (unpaired) electrons. The predicted octanol–water partition coefficient (Wildman–Crippen LogP) is 3.38. The second-order valence-corrected chi connectivity index (χ2v) is 6.15. The van der Waals surface area contributed by atoms with E-state index >= 15 is 0 Å². The van der Waals surface area contributed by atoms with Crippen molar-refractivity contribution in [2.24, 2.45) is 5.92 Å². The van der Waals surface area contributed by atoms with Gasteiger partial charge in [0.05, 0.1) is 0 Å². The molecular formula is C19H19NO. The minimum Gasteiger partial charge on any atom is -0.337 e. The van der Waals surface area contributed by atoms with Gasteiger partial charge >= 0.3 is 0 Å². The molecule has 106 valence electrons. The Bertz CT molecular complexity index is 664. The molecule has 2 aromatic rings. The van der Waals surface area contributed by atoms with E-state index in [0.717, 1.165) is 25.9 Å². The number of carbonyl (C=O) groups excluding carboxylic acids is 1. The summed E-state index contributed by atoms with van der Waals surface area (Å²) in [4.78, 5) is 14.7. The van der Waals surface area contributed by atoms with Crippen molar-refractivity contribution in [1.29, 1.82) is 0 Å². The molecule has 2 nitrogen and oxygen atoms in total. The van der Waals surface area contributed by atoms with Gasteiger partial charge in [-0.15, -0.1) is 0 Å². The average Bonchev–Trinajstić information content (AvgIpc) is 2.85. The van der Waals surface area contributed by atoms with Gasteiger partial charge in [-0.2, -0.15) is 0 Å². The molecule has 4 rings (SSSR count). The Morgan fingerprint density at radius 3 is 2.57 bits per heavy atom. The number of fused-ring (bicyclic) bond motifs is 3. The van der Waals surface area contributed by atoms with Crippen LogP contribution in [0.2, 0.25) is 0 Å². The molecule has 1 aliphatic carbocycles.